The first-order valence-corrected chi connectivity index (χ1v) is 9.60. The van der Waals surface area contributed by atoms with E-state index < -0.39 is 12.0 Å². The van der Waals surface area contributed by atoms with Crippen molar-refractivity contribution >= 4 is 24.8 Å². The van der Waals surface area contributed by atoms with Crippen LogP contribution in [0.15, 0.2) is 48.5 Å². The smallest absolute Gasteiger partial charge is 0.453 e. The number of aromatic hydroxyl groups is 1. The highest BCUT2D eigenvalue weighted by atomic mass is 35.5. The van der Waals surface area contributed by atoms with Gasteiger partial charge in [-0.05, 0) is 47.2 Å². The molecule has 2 heterocycles. The van der Waals surface area contributed by atoms with Crippen molar-refractivity contribution in [2.75, 3.05) is 13.1 Å². The highest BCUT2D eigenvalue weighted by Crippen LogP contribution is 2.30. The normalized spacial score (nSPS) is 18.5. The molecule has 0 radical (unpaired) electrons. The highest BCUT2D eigenvalue weighted by molar-refractivity contribution is 5.85. The molecule has 0 unspecified atom stereocenters. The Morgan fingerprint density at radius 2 is 1.88 bits per heavy atom. The number of tetrazole rings is 1. The zero-order valence-electron chi connectivity index (χ0n) is 16.8. The first-order valence-electron chi connectivity index (χ1n) is 9.60. The molecule has 0 spiro atoms. The number of hydrogen-bond acceptors (Lipinski definition) is 6. The first-order chi connectivity index (χ1) is 14.4. The van der Waals surface area contributed by atoms with E-state index in [1.807, 2.05) is 18.2 Å². The number of benzene rings is 2. The Hall–Kier alpha value is -2.40. The first kappa shape index (κ1) is 25.9. The van der Waals surface area contributed by atoms with Gasteiger partial charge in [0.2, 0.25) is 0 Å². The number of nitrogens with one attached hydrogen (secondary N) is 2. The van der Waals surface area contributed by atoms with E-state index in [2.05, 4.69) is 38.3 Å². The van der Waals surface area contributed by atoms with Gasteiger partial charge in [0.15, 0.2) is 0 Å². The lowest BCUT2D eigenvalue weighted by Gasteiger charge is -2.33. The number of phenolic OH excluding ortho intramolecular Hbond substituents is 1. The van der Waals surface area contributed by atoms with Crippen LogP contribution in [0.4, 0.5) is 13.2 Å². The fourth-order valence-electron chi connectivity index (χ4n) is 3.78. The Kier molecular flexibility index (Phi) is 8.85. The Morgan fingerprint density at radius 1 is 1.12 bits per heavy atom. The van der Waals surface area contributed by atoms with Crippen molar-refractivity contribution in [3.63, 3.8) is 0 Å². The van der Waals surface area contributed by atoms with Crippen LogP contribution in [0.25, 0.3) is 5.69 Å². The minimum absolute atomic E-state index is 0. The molecule has 1 aliphatic rings. The van der Waals surface area contributed by atoms with Gasteiger partial charge in [-0.2, -0.15) is 17.9 Å². The van der Waals surface area contributed by atoms with Crippen LogP contribution in [-0.4, -0.2) is 44.4 Å². The van der Waals surface area contributed by atoms with Crippen molar-refractivity contribution < 1.29 is 18.3 Å². The molecule has 0 amide bonds. The van der Waals surface area contributed by atoms with Gasteiger partial charge in [0.25, 0.3) is 5.82 Å². The molecule has 0 bridgehead atoms. The fourth-order valence-corrected chi connectivity index (χ4v) is 3.78. The van der Waals surface area contributed by atoms with E-state index >= 15 is 0 Å². The van der Waals surface area contributed by atoms with Gasteiger partial charge in [0.05, 0.1) is 5.69 Å². The maximum atomic E-state index is 13.1. The van der Waals surface area contributed by atoms with Gasteiger partial charge < -0.3 is 15.7 Å². The Labute approximate surface area is 195 Å². The van der Waals surface area contributed by atoms with Crippen LogP contribution < -0.4 is 10.6 Å². The number of nitrogens with zero attached hydrogens (tertiary/aromatic N) is 4. The van der Waals surface area contributed by atoms with Crippen LogP contribution in [0.5, 0.6) is 5.75 Å². The number of phenols is 1. The number of alkyl halides is 3. The second-order valence-electron chi connectivity index (χ2n) is 7.22. The standard InChI is InChI=1S/C20H21F3N6O.2ClH/c21-20(22,23)19-26-27-28-29(19)15-6-7-18(30)14(10-15)11-25-17-8-9-24-12-16(17)13-4-2-1-3-5-13;;/h1-7,10,16-17,24-25,30H,8-9,11-12H2;2*1H/t16-,17-;;/m0../s1. The summed E-state index contributed by atoms with van der Waals surface area (Å²) in [5.41, 5.74) is 1.82. The third-order valence-electron chi connectivity index (χ3n) is 5.30. The molecule has 4 rings (SSSR count). The summed E-state index contributed by atoms with van der Waals surface area (Å²) in [5, 5.41) is 26.8. The molecule has 3 aromatic rings. The molecule has 1 aliphatic heterocycles. The van der Waals surface area contributed by atoms with Gasteiger partial charge in [0.1, 0.15) is 5.75 Å². The summed E-state index contributed by atoms with van der Waals surface area (Å²) >= 11 is 0. The summed E-state index contributed by atoms with van der Waals surface area (Å²) in [4.78, 5) is 0. The molecule has 1 aromatic heterocycles. The third-order valence-corrected chi connectivity index (χ3v) is 5.30. The second kappa shape index (κ2) is 11.0. The minimum Gasteiger partial charge on any atom is -0.508 e. The molecule has 32 heavy (non-hydrogen) atoms. The average Bonchev–Trinajstić information content (AvgIpc) is 3.25. The zero-order chi connectivity index (χ0) is 21.1. The quantitative estimate of drug-likeness (QED) is 0.507. The SMILES string of the molecule is Cl.Cl.Oc1ccc(-n2nnnc2C(F)(F)F)cc1CN[C@H]1CCNC[C@H]1c1ccccc1. The molecule has 2 aromatic carbocycles. The van der Waals surface area contributed by atoms with E-state index in [4.69, 9.17) is 0 Å². The molecule has 0 saturated carbocycles. The third kappa shape index (κ3) is 5.69. The maximum absolute atomic E-state index is 13.1. The zero-order valence-corrected chi connectivity index (χ0v) is 18.4. The van der Waals surface area contributed by atoms with E-state index in [1.54, 1.807) is 0 Å². The topological polar surface area (TPSA) is 87.9 Å². The lowest BCUT2D eigenvalue weighted by Crippen LogP contribution is -2.45. The summed E-state index contributed by atoms with van der Waals surface area (Å²) in [6, 6.07) is 14.5. The largest absolute Gasteiger partial charge is 0.508 e. The van der Waals surface area contributed by atoms with Crippen LogP contribution >= 0.6 is 24.8 Å². The maximum Gasteiger partial charge on any atom is 0.453 e. The van der Waals surface area contributed by atoms with Gasteiger partial charge in [-0.3, -0.25) is 0 Å². The van der Waals surface area contributed by atoms with Crippen molar-refractivity contribution in [2.24, 2.45) is 0 Å². The summed E-state index contributed by atoms with van der Waals surface area (Å²) in [7, 11) is 0. The van der Waals surface area contributed by atoms with Crippen LogP contribution in [-0.2, 0) is 12.7 Å². The Morgan fingerprint density at radius 3 is 2.59 bits per heavy atom. The number of piperidine rings is 1. The van der Waals surface area contributed by atoms with E-state index in [9.17, 15) is 18.3 Å². The summed E-state index contributed by atoms with van der Waals surface area (Å²) in [6.45, 7) is 2.00. The van der Waals surface area contributed by atoms with Gasteiger partial charge in [-0.15, -0.1) is 29.9 Å². The van der Waals surface area contributed by atoms with Crippen LogP contribution in [0.2, 0.25) is 0 Å². The van der Waals surface area contributed by atoms with E-state index in [0.717, 1.165) is 19.5 Å². The Balaban J connectivity index is 0.00000181. The molecule has 1 fully saturated rings. The van der Waals surface area contributed by atoms with Crippen molar-refractivity contribution in [3.8, 4) is 11.4 Å². The Bertz CT molecular complexity index is 1000. The molecule has 12 heteroatoms. The van der Waals surface area contributed by atoms with Gasteiger partial charge in [-0.25, -0.2) is 0 Å². The van der Waals surface area contributed by atoms with Crippen molar-refractivity contribution in [2.45, 2.75) is 31.1 Å². The molecular weight excluding hydrogens is 468 g/mol. The molecule has 1 saturated heterocycles. The van der Waals surface area contributed by atoms with Crippen LogP contribution in [0.3, 0.4) is 0 Å². The molecular formula is C20H23Cl2F3N6O. The number of halogens is 5. The molecule has 0 aliphatic carbocycles. The lowest BCUT2D eigenvalue weighted by molar-refractivity contribution is -0.146. The van der Waals surface area contributed by atoms with E-state index in [0.29, 0.717) is 16.8 Å². The van der Waals surface area contributed by atoms with Gasteiger partial charge in [-0.1, -0.05) is 30.3 Å². The minimum atomic E-state index is -4.68. The van der Waals surface area contributed by atoms with Crippen molar-refractivity contribution in [1.29, 1.82) is 0 Å². The summed E-state index contributed by atoms with van der Waals surface area (Å²) < 4.78 is 40.0. The van der Waals surface area contributed by atoms with Crippen molar-refractivity contribution in [1.82, 2.24) is 30.8 Å². The number of hydrogen-bond donors (Lipinski definition) is 3. The summed E-state index contributed by atoms with van der Waals surface area (Å²) in [6.07, 6.45) is -3.79. The number of aromatic nitrogens is 4. The lowest BCUT2D eigenvalue weighted by atomic mass is 9.87. The molecule has 2 atom stereocenters. The van der Waals surface area contributed by atoms with E-state index in [-0.39, 0.29) is 48.2 Å². The molecule has 174 valence electrons. The van der Waals surface area contributed by atoms with Crippen LogP contribution in [0, 0.1) is 0 Å². The highest BCUT2D eigenvalue weighted by Gasteiger charge is 2.38. The molecule has 3 N–H and O–H groups in total. The number of rotatable bonds is 5. The van der Waals surface area contributed by atoms with Gasteiger partial charge in [0, 0.05) is 30.6 Å². The van der Waals surface area contributed by atoms with Crippen LogP contribution in [0.1, 0.15) is 29.3 Å². The predicted octanol–water partition coefficient (Wildman–Crippen LogP) is 3.47. The van der Waals surface area contributed by atoms with Crippen molar-refractivity contribution in [3.05, 3.63) is 65.5 Å². The predicted molar refractivity (Wildman–Crippen MR) is 118 cm³/mol. The fraction of sp³-hybridized carbons (Fsp3) is 0.350. The monoisotopic (exact) mass is 490 g/mol. The van der Waals surface area contributed by atoms with E-state index in [1.165, 1.54) is 23.8 Å². The second-order valence-corrected chi connectivity index (χ2v) is 7.22. The molecule has 7 nitrogen and oxygen atoms in total. The summed E-state index contributed by atoms with van der Waals surface area (Å²) in [5.74, 6) is -0.964. The van der Waals surface area contributed by atoms with Gasteiger partial charge >= 0.3 is 6.18 Å². The average molecular weight is 491 g/mol.